The predicted octanol–water partition coefficient (Wildman–Crippen LogP) is 2.06. The Hall–Kier alpha value is -2.43. The minimum atomic E-state index is -0.545. The summed E-state index contributed by atoms with van der Waals surface area (Å²) in [6.07, 6.45) is 1.55. The zero-order valence-electron chi connectivity index (χ0n) is 8.85. The summed E-state index contributed by atoms with van der Waals surface area (Å²) in [7, 11) is 0. The Labute approximate surface area is 97.3 Å². The number of halogens is 1. The van der Waals surface area contributed by atoms with Crippen molar-refractivity contribution in [2.45, 2.75) is 0 Å². The molecule has 0 bridgehead atoms. The lowest BCUT2D eigenvalue weighted by Crippen LogP contribution is -2.13. The van der Waals surface area contributed by atoms with Gasteiger partial charge in [-0.05, 0) is 30.3 Å². The van der Waals surface area contributed by atoms with Crippen LogP contribution in [0.15, 0.2) is 42.6 Å². The number of nitrogen functional groups attached to an aromatic ring is 1. The van der Waals surface area contributed by atoms with Crippen LogP contribution >= 0.6 is 0 Å². The number of nitrogens with two attached hydrogens (primary N) is 1. The molecule has 4 nitrogen and oxygen atoms in total. The van der Waals surface area contributed by atoms with Crippen LogP contribution in [0.4, 0.5) is 15.9 Å². The fraction of sp³-hybridized carbons (Fsp3) is 0. The molecule has 1 aromatic carbocycles. The first-order valence-corrected chi connectivity index (χ1v) is 4.93. The van der Waals surface area contributed by atoms with Crippen LogP contribution in [0.25, 0.3) is 0 Å². The molecule has 0 aliphatic carbocycles. The Balaban J connectivity index is 2.20. The van der Waals surface area contributed by atoms with Crippen molar-refractivity contribution in [3.63, 3.8) is 0 Å². The fourth-order valence-electron chi connectivity index (χ4n) is 1.37. The topological polar surface area (TPSA) is 68.0 Å². The van der Waals surface area contributed by atoms with E-state index in [-0.39, 0.29) is 11.3 Å². The van der Waals surface area contributed by atoms with E-state index in [1.54, 1.807) is 24.4 Å². The van der Waals surface area contributed by atoms with Crippen molar-refractivity contribution in [2.24, 2.45) is 0 Å². The van der Waals surface area contributed by atoms with Crippen molar-refractivity contribution in [1.82, 2.24) is 4.98 Å². The molecular weight excluding hydrogens is 221 g/mol. The monoisotopic (exact) mass is 231 g/mol. The minimum Gasteiger partial charge on any atom is -0.399 e. The highest BCUT2D eigenvalue weighted by molar-refractivity contribution is 6.04. The van der Waals surface area contributed by atoms with Crippen LogP contribution in [0.5, 0.6) is 0 Å². The van der Waals surface area contributed by atoms with Gasteiger partial charge in [0, 0.05) is 17.4 Å². The number of hydrogen-bond donors (Lipinski definition) is 2. The first-order chi connectivity index (χ1) is 8.15. The van der Waals surface area contributed by atoms with E-state index in [4.69, 9.17) is 5.73 Å². The van der Waals surface area contributed by atoms with Gasteiger partial charge >= 0.3 is 0 Å². The Morgan fingerprint density at radius 1 is 1.29 bits per heavy atom. The molecule has 0 spiro atoms. The second kappa shape index (κ2) is 4.61. The molecule has 0 radical (unpaired) electrons. The number of amides is 1. The van der Waals surface area contributed by atoms with Gasteiger partial charge in [-0.2, -0.15) is 0 Å². The molecule has 1 aromatic heterocycles. The molecule has 0 atom stereocenters. The number of carbonyl (C=O) groups is 1. The summed E-state index contributed by atoms with van der Waals surface area (Å²) in [5, 5.41) is 2.54. The van der Waals surface area contributed by atoms with Gasteiger partial charge in [-0.1, -0.05) is 6.07 Å². The summed E-state index contributed by atoms with van der Waals surface area (Å²) < 4.78 is 13.1. The Morgan fingerprint density at radius 3 is 2.76 bits per heavy atom. The van der Waals surface area contributed by atoms with Crippen molar-refractivity contribution in [1.29, 1.82) is 0 Å². The Bertz CT molecular complexity index is 522. The third-order valence-corrected chi connectivity index (χ3v) is 2.09. The zero-order valence-corrected chi connectivity index (χ0v) is 8.85. The van der Waals surface area contributed by atoms with E-state index in [9.17, 15) is 9.18 Å². The van der Waals surface area contributed by atoms with Gasteiger partial charge in [-0.25, -0.2) is 9.37 Å². The molecule has 1 amide bonds. The maximum atomic E-state index is 13.1. The highest BCUT2D eigenvalue weighted by Crippen LogP contribution is 2.12. The number of anilines is 2. The first kappa shape index (κ1) is 11.1. The van der Waals surface area contributed by atoms with E-state index in [1.165, 1.54) is 6.07 Å². The Morgan fingerprint density at radius 2 is 2.12 bits per heavy atom. The van der Waals surface area contributed by atoms with Gasteiger partial charge in [0.2, 0.25) is 0 Å². The van der Waals surface area contributed by atoms with E-state index < -0.39 is 11.7 Å². The second-order valence-corrected chi connectivity index (χ2v) is 3.44. The van der Waals surface area contributed by atoms with Gasteiger partial charge in [0.25, 0.3) is 5.91 Å². The number of pyridine rings is 1. The van der Waals surface area contributed by atoms with E-state index in [0.29, 0.717) is 5.82 Å². The van der Waals surface area contributed by atoms with Crippen molar-refractivity contribution in [3.05, 3.63) is 54.0 Å². The lowest BCUT2D eigenvalue weighted by atomic mass is 10.2. The maximum Gasteiger partial charge on any atom is 0.256 e. The van der Waals surface area contributed by atoms with Gasteiger partial charge in [0.05, 0.1) is 0 Å². The third kappa shape index (κ3) is 2.78. The molecule has 0 saturated heterocycles. The van der Waals surface area contributed by atoms with Gasteiger partial charge < -0.3 is 11.1 Å². The van der Waals surface area contributed by atoms with Crippen LogP contribution in [0.2, 0.25) is 0 Å². The summed E-state index contributed by atoms with van der Waals surface area (Å²) in [5.74, 6) is -0.591. The third-order valence-electron chi connectivity index (χ3n) is 2.09. The standard InChI is InChI=1S/C12H10FN3O/c13-9-5-8(6-10(14)7-9)12(17)16-11-3-1-2-4-15-11/h1-7H,14H2,(H,15,16,17). The maximum absolute atomic E-state index is 13.1. The number of carbonyl (C=O) groups excluding carboxylic acids is 1. The Kier molecular flexibility index (Phi) is 3.00. The molecule has 1 heterocycles. The normalized spacial score (nSPS) is 9.94. The largest absolute Gasteiger partial charge is 0.399 e. The zero-order chi connectivity index (χ0) is 12.3. The summed E-state index contributed by atoms with van der Waals surface area (Å²) in [5.41, 5.74) is 5.82. The van der Waals surface area contributed by atoms with Crippen molar-refractivity contribution >= 4 is 17.4 Å². The highest BCUT2D eigenvalue weighted by Gasteiger charge is 2.08. The molecule has 0 saturated carbocycles. The van der Waals surface area contributed by atoms with Crippen LogP contribution in [0.3, 0.4) is 0 Å². The number of hydrogen-bond acceptors (Lipinski definition) is 3. The molecule has 0 aliphatic heterocycles. The molecule has 17 heavy (non-hydrogen) atoms. The number of aromatic nitrogens is 1. The van der Waals surface area contributed by atoms with E-state index in [2.05, 4.69) is 10.3 Å². The summed E-state index contributed by atoms with van der Waals surface area (Å²) in [6, 6.07) is 8.78. The summed E-state index contributed by atoms with van der Waals surface area (Å²) in [6.45, 7) is 0. The van der Waals surface area contributed by atoms with Crippen LogP contribution in [0.1, 0.15) is 10.4 Å². The summed E-state index contributed by atoms with van der Waals surface area (Å²) >= 11 is 0. The lowest BCUT2D eigenvalue weighted by Gasteiger charge is -2.05. The SMILES string of the molecule is Nc1cc(F)cc(C(=O)Nc2ccccn2)c1. The molecular formula is C12H10FN3O. The van der Waals surface area contributed by atoms with E-state index >= 15 is 0 Å². The summed E-state index contributed by atoms with van der Waals surface area (Å²) in [4.78, 5) is 15.7. The number of nitrogens with zero attached hydrogens (tertiary/aromatic N) is 1. The molecule has 2 rings (SSSR count). The molecule has 86 valence electrons. The molecule has 0 fully saturated rings. The second-order valence-electron chi connectivity index (χ2n) is 3.44. The quantitative estimate of drug-likeness (QED) is 0.777. The van der Waals surface area contributed by atoms with Gasteiger partial charge in [-0.15, -0.1) is 0 Å². The van der Waals surface area contributed by atoms with Gasteiger partial charge in [-0.3, -0.25) is 4.79 Å². The van der Waals surface area contributed by atoms with Gasteiger partial charge in [0.15, 0.2) is 0 Å². The first-order valence-electron chi connectivity index (χ1n) is 4.93. The number of rotatable bonds is 2. The van der Waals surface area contributed by atoms with Crippen molar-refractivity contribution < 1.29 is 9.18 Å². The fourth-order valence-corrected chi connectivity index (χ4v) is 1.37. The molecule has 5 heteroatoms. The minimum absolute atomic E-state index is 0.160. The van der Waals surface area contributed by atoms with E-state index in [0.717, 1.165) is 12.1 Å². The van der Waals surface area contributed by atoms with Gasteiger partial charge in [0.1, 0.15) is 11.6 Å². The van der Waals surface area contributed by atoms with Crippen LogP contribution < -0.4 is 11.1 Å². The molecule has 0 unspecified atom stereocenters. The van der Waals surface area contributed by atoms with E-state index in [1.807, 2.05) is 0 Å². The smallest absolute Gasteiger partial charge is 0.256 e. The number of benzene rings is 1. The molecule has 2 aromatic rings. The number of nitrogens with one attached hydrogen (secondary N) is 1. The molecule has 0 aliphatic rings. The average Bonchev–Trinajstić information content (AvgIpc) is 2.29. The predicted molar refractivity (Wildman–Crippen MR) is 63.0 cm³/mol. The highest BCUT2D eigenvalue weighted by atomic mass is 19.1. The molecule has 3 N–H and O–H groups in total. The van der Waals surface area contributed by atoms with Crippen molar-refractivity contribution in [2.75, 3.05) is 11.1 Å². The van der Waals surface area contributed by atoms with Crippen LogP contribution in [-0.2, 0) is 0 Å². The average molecular weight is 231 g/mol. The van der Waals surface area contributed by atoms with Crippen LogP contribution in [0, 0.1) is 5.82 Å². The lowest BCUT2D eigenvalue weighted by molar-refractivity contribution is 0.102. The van der Waals surface area contributed by atoms with Crippen molar-refractivity contribution in [3.8, 4) is 0 Å². The van der Waals surface area contributed by atoms with Crippen LogP contribution in [-0.4, -0.2) is 10.9 Å².